The van der Waals surface area contributed by atoms with Crippen LogP contribution in [0.15, 0.2) is 103 Å². The summed E-state index contributed by atoms with van der Waals surface area (Å²) in [5.74, 6) is 0. The third-order valence-corrected chi connectivity index (χ3v) is 11.5. The topological polar surface area (TPSA) is 12.9 Å². The second kappa shape index (κ2) is 7.96. The monoisotopic (exact) mass is 445 g/mol. The third-order valence-electron chi connectivity index (χ3n) is 5.75. The summed E-state index contributed by atoms with van der Waals surface area (Å²) in [6, 6.07) is 36.6. The molecular formula is C26H21ClNPS. The number of nitrogens with zero attached hydrogens (tertiary/aromatic N) is 1. The van der Waals surface area contributed by atoms with Gasteiger partial charge in [-0.1, -0.05) is 0 Å². The first kappa shape index (κ1) is 19.5. The van der Waals surface area contributed by atoms with Gasteiger partial charge in [-0.05, 0) is 0 Å². The summed E-state index contributed by atoms with van der Waals surface area (Å²) in [7, 11) is -2.22. The van der Waals surface area contributed by atoms with Gasteiger partial charge in [-0.2, -0.15) is 0 Å². The first-order valence-electron chi connectivity index (χ1n) is 9.93. The molecule has 4 heteroatoms. The molecular weight excluding hydrogens is 425 g/mol. The summed E-state index contributed by atoms with van der Waals surface area (Å²) in [6.07, 6.45) is 0. The molecule has 30 heavy (non-hydrogen) atoms. The Morgan fingerprint density at radius 2 is 1.33 bits per heavy atom. The van der Waals surface area contributed by atoms with Crippen LogP contribution in [-0.4, -0.2) is 11.6 Å². The summed E-state index contributed by atoms with van der Waals surface area (Å²) in [6.45, 7) is 2.45. The van der Waals surface area contributed by atoms with E-state index >= 15 is 0 Å². The van der Waals surface area contributed by atoms with E-state index in [1.54, 1.807) is 11.3 Å². The van der Waals surface area contributed by atoms with Crippen molar-refractivity contribution in [2.24, 2.45) is 0 Å². The number of fused-ring (bicyclic) bond motifs is 1. The Hall–Kier alpha value is -2.51. The van der Waals surface area contributed by atoms with Crippen LogP contribution in [0.2, 0.25) is 5.02 Å². The van der Waals surface area contributed by atoms with Crippen LogP contribution < -0.4 is 15.9 Å². The number of hydrogen-bond donors (Lipinski definition) is 0. The van der Waals surface area contributed by atoms with Crippen LogP contribution in [-0.2, 0) is 0 Å². The Morgan fingerprint density at radius 1 is 0.733 bits per heavy atom. The van der Waals surface area contributed by atoms with Gasteiger partial charge in [0.1, 0.15) is 0 Å². The van der Waals surface area contributed by atoms with Crippen LogP contribution in [0.5, 0.6) is 0 Å². The molecule has 1 heterocycles. The SMILES string of the molecule is C[PH](c1ccccc1)(c1ccccc1)c1ccccc1-c1nc2cc(Cl)ccc2s1. The van der Waals surface area contributed by atoms with Crippen molar-refractivity contribution in [2.45, 2.75) is 0 Å². The molecule has 0 spiro atoms. The zero-order valence-electron chi connectivity index (χ0n) is 16.5. The van der Waals surface area contributed by atoms with Crippen molar-refractivity contribution in [3.05, 3.63) is 108 Å². The van der Waals surface area contributed by atoms with Crippen LogP contribution in [0.1, 0.15) is 0 Å². The van der Waals surface area contributed by atoms with Crippen LogP contribution in [0.3, 0.4) is 0 Å². The molecule has 4 aromatic carbocycles. The summed E-state index contributed by atoms with van der Waals surface area (Å²) >= 11 is 7.94. The molecule has 1 aromatic heterocycles. The van der Waals surface area contributed by atoms with E-state index in [0.29, 0.717) is 0 Å². The minimum atomic E-state index is -2.22. The van der Waals surface area contributed by atoms with Gasteiger partial charge in [0.15, 0.2) is 0 Å². The zero-order valence-corrected chi connectivity index (χ0v) is 19.1. The zero-order chi connectivity index (χ0) is 20.6. The Morgan fingerprint density at radius 3 is 2.00 bits per heavy atom. The maximum absolute atomic E-state index is 6.21. The van der Waals surface area contributed by atoms with E-state index < -0.39 is 7.26 Å². The van der Waals surface area contributed by atoms with Gasteiger partial charge in [0.2, 0.25) is 0 Å². The Balaban J connectivity index is 1.77. The van der Waals surface area contributed by atoms with Gasteiger partial charge in [-0.3, -0.25) is 0 Å². The summed E-state index contributed by atoms with van der Waals surface area (Å²) in [5.41, 5.74) is 2.18. The molecule has 0 aliphatic heterocycles. The molecule has 0 unspecified atom stereocenters. The van der Waals surface area contributed by atoms with E-state index in [1.165, 1.54) is 21.5 Å². The van der Waals surface area contributed by atoms with E-state index in [4.69, 9.17) is 16.6 Å². The molecule has 0 atom stereocenters. The van der Waals surface area contributed by atoms with Crippen LogP contribution >= 0.6 is 30.2 Å². The van der Waals surface area contributed by atoms with E-state index in [0.717, 1.165) is 20.2 Å². The van der Waals surface area contributed by atoms with Crippen molar-refractivity contribution >= 4 is 56.3 Å². The molecule has 0 bridgehead atoms. The van der Waals surface area contributed by atoms with E-state index in [9.17, 15) is 0 Å². The Labute approximate surface area is 186 Å². The number of halogens is 1. The second-order valence-electron chi connectivity index (χ2n) is 7.53. The molecule has 0 saturated heterocycles. The van der Waals surface area contributed by atoms with Gasteiger partial charge in [0.25, 0.3) is 0 Å². The second-order valence-corrected chi connectivity index (χ2v) is 12.9. The van der Waals surface area contributed by atoms with Crippen molar-refractivity contribution in [1.82, 2.24) is 4.98 Å². The fraction of sp³-hybridized carbons (Fsp3) is 0.0385. The first-order valence-corrected chi connectivity index (χ1v) is 13.6. The number of aromatic nitrogens is 1. The number of thiazole rings is 1. The Kier molecular flexibility index (Phi) is 5.16. The van der Waals surface area contributed by atoms with E-state index in [2.05, 4.69) is 97.7 Å². The fourth-order valence-corrected chi connectivity index (χ4v) is 9.23. The number of rotatable bonds is 4. The predicted molar refractivity (Wildman–Crippen MR) is 136 cm³/mol. The number of benzene rings is 4. The van der Waals surface area contributed by atoms with Crippen molar-refractivity contribution < 1.29 is 0 Å². The normalized spacial score (nSPS) is 12.2. The molecule has 0 N–H and O–H groups in total. The predicted octanol–water partition coefficient (Wildman–Crippen LogP) is 6.27. The molecule has 0 amide bonds. The van der Waals surface area contributed by atoms with Gasteiger partial charge in [0, 0.05) is 0 Å². The fourth-order valence-electron chi connectivity index (χ4n) is 4.14. The molecule has 0 aliphatic carbocycles. The molecule has 148 valence electrons. The Bertz CT molecular complexity index is 1280. The summed E-state index contributed by atoms with van der Waals surface area (Å²) in [4.78, 5) is 4.96. The van der Waals surface area contributed by atoms with Gasteiger partial charge in [-0.15, -0.1) is 0 Å². The standard InChI is InChI=1S/C26H21ClNPS/c1-29(20-10-4-2-5-11-20,21-12-6-3-7-13-21)24-15-9-8-14-22(24)26-28-23-18-19(27)16-17-25(23)30-26/h2-18,29H,1H3. The van der Waals surface area contributed by atoms with Gasteiger partial charge in [-0.25, -0.2) is 0 Å². The molecule has 0 saturated carbocycles. The molecule has 0 aliphatic rings. The maximum atomic E-state index is 6.21. The third kappa shape index (κ3) is 3.36. The molecule has 0 radical (unpaired) electrons. The number of hydrogen-bond acceptors (Lipinski definition) is 2. The average Bonchev–Trinajstić information content (AvgIpc) is 3.23. The molecule has 0 fully saturated rings. The molecule has 1 nitrogen and oxygen atoms in total. The van der Waals surface area contributed by atoms with Crippen molar-refractivity contribution in [1.29, 1.82) is 0 Å². The van der Waals surface area contributed by atoms with Gasteiger partial charge in [0.05, 0.1) is 0 Å². The van der Waals surface area contributed by atoms with Gasteiger partial charge < -0.3 is 0 Å². The van der Waals surface area contributed by atoms with Crippen molar-refractivity contribution in [3.8, 4) is 10.6 Å². The van der Waals surface area contributed by atoms with Crippen molar-refractivity contribution in [2.75, 3.05) is 6.66 Å². The van der Waals surface area contributed by atoms with E-state index in [-0.39, 0.29) is 0 Å². The van der Waals surface area contributed by atoms with Crippen LogP contribution in [0.4, 0.5) is 0 Å². The van der Waals surface area contributed by atoms with Crippen LogP contribution in [0, 0.1) is 0 Å². The quantitative estimate of drug-likeness (QED) is 0.297. The molecule has 5 rings (SSSR count). The van der Waals surface area contributed by atoms with E-state index in [1.807, 2.05) is 12.1 Å². The summed E-state index contributed by atoms with van der Waals surface area (Å²) < 4.78 is 1.16. The average molecular weight is 446 g/mol. The first-order chi connectivity index (χ1) is 14.7. The van der Waals surface area contributed by atoms with Crippen LogP contribution in [0.25, 0.3) is 20.8 Å². The summed E-state index contributed by atoms with van der Waals surface area (Å²) in [5, 5.41) is 5.95. The minimum absolute atomic E-state index is 0.723. The van der Waals surface area contributed by atoms with Gasteiger partial charge >= 0.3 is 187 Å². The molecule has 5 aromatic rings. The van der Waals surface area contributed by atoms with Crippen molar-refractivity contribution in [3.63, 3.8) is 0 Å².